The number of rotatable bonds is 5. The molecule has 0 aliphatic carbocycles. The Morgan fingerprint density at radius 2 is 2.00 bits per heavy atom. The molecule has 0 bridgehead atoms. The van der Waals surface area contributed by atoms with Gasteiger partial charge in [-0.05, 0) is 35.9 Å². The van der Waals surface area contributed by atoms with Gasteiger partial charge in [0.05, 0.1) is 24.6 Å². The van der Waals surface area contributed by atoms with Gasteiger partial charge in [0, 0.05) is 17.0 Å². The molecule has 0 amide bonds. The van der Waals surface area contributed by atoms with E-state index in [0.29, 0.717) is 30.2 Å². The Hall–Kier alpha value is -2.44. The third kappa shape index (κ3) is 3.53. The van der Waals surface area contributed by atoms with Crippen LogP contribution in [0.3, 0.4) is 0 Å². The standard InChI is InChI=1S/C13H11ClN6/c14-12-5-3-11(4-6-12)13-17-19-20(18-13)9-10(8-16)2-1-7-15/h3-6,10H,1-2,9H2. The minimum atomic E-state index is -0.290. The van der Waals surface area contributed by atoms with E-state index in [1.807, 2.05) is 6.07 Å². The highest BCUT2D eigenvalue weighted by Crippen LogP contribution is 2.17. The van der Waals surface area contributed by atoms with Gasteiger partial charge in [0.15, 0.2) is 0 Å². The number of hydrogen-bond donors (Lipinski definition) is 0. The van der Waals surface area contributed by atoms with Crippen molar-refractivity contribution in [1.29, 1.82) is 10.5 Å². The number of aromatic nitrogens is 4. The third-order valence-corrected chi connectivity index (χ3v) is 2.98. The lowest BCUT2D eigenvalue weighted by atomic mass is 10.1. The van der Waals surface area contributed by atoms with Crippen molar-refractivity contribution in [3.05, 3.63) is 29.3 Å². The number of halogens is 1. The largest absolute Gasteiger partial charge is 0.204 e. The molecule has 1 atom stereocenters. The van der Waals surface area contributed by atoms with Crippen molar-refractivity contribution in [2.75, 3.05) is 0 Å². The number of nitriles is 2. The maximum Gasteiger partial charge on any atom is 0.204 e. The molecule has 7 heteroatoms. The number of tetrazole rings is 1. The van der Waals surface area contributed by atoms with Crippen LogP contribution in [0.15, 0.2) is 24.3 Å². The lowest BCUT2D eigenvalue weighted by molar-refractivity contribution is 0.427. The highest BCUT2D eigenvalue weighted by molar-refractivity contribution is 6.30. The van der Waals surface area contributed by atoms with Crippen LogP contribution in [-0.2, 0) is 6.54 Å². The first kappa shape index (κ1) is 14.0. The second-order valence-electron chi connectivity index (χ2n) is 4.20. The Morgan fingerprint density at radius 1 is 1.25 bits per heavy atom. The molecule has 0 aliphatic heterocycles. The van der Waals surface area contributed by atoms with Crippen molar-refractivity contribution in [2.45, 2.75) is 19.4 Å². The van der Waals surface area contributed by atoms with Crippen LogP contribution in [0.4, 0.5) is 0 Å². The van der Waals surface area contributed by atoms with E-state index in [1.54, 1.807) is 24.3 Å². The first-order valence-electron chi connectivity index (χ1n) is 6.03. The Balaban J connectivity index is 2.07. The van der Waals surface area contributed by atoms with Crippen LogP contribution in [0.2, 0.25) is 5.02 Å². The van der Waals surface area contributed by atoms with Gasteiger partial charge in [-0.2, -0.15) is 15.3 Å². The van der Waals surface area contributed by atoms with Gasteiger partial charge in [0.1, 0.15) is 0 Å². The molecular weight excluding hydrogens is 276 g/mol. The van der Waals surface area contributed by atoms with Gasteiger partial charge in [-0.15, -0.1) is 10.2 Å². The molecule has 0 saturated carbocycles. The molecule has 1 aromatic heterocycles. The van der Waals surface area contributed by atoms with Gasteiger partial charge >= 0.3 is 0 Å². The second-order valence-corrected chi connectivity index (χ2v) is 4.63. The van der Waals surface area contributed by atoms with E-state index in [0.717, 1.165) is 5.56 Å². The number of hydrogen-bond acceptors (Lipinski definition) is 5. The minimum Gasteiger partial charge on any atom is -0.198 e. The summed E-state index contributed by atoms with van der Waals surface area (Å²) in [6.07, 6.45) is 0.849. The van der Waals surface area contributed by atoms with E-state index in [4.69, 9.17) is 22.1 Å². The Labute approximate surface area is 121 Å². The second kappa shape index (κ2) is 6.65. The van der Waals surface area contributed by atoms with E-state index in [2.05, 4.69) is 21.5 Å². The minimum absolute atomic E-state index is 0.290. The van der Waals surface area contributed by atoms with Crippen molar-refractivity contribution in [3.8, 4) is 23.5 Å². The van der Waals surface area contributed by atoms with Gasteiger partial charge in [0.25, 0.3) is 0 Å². The number of benzene rings is 1. The summed E-state index contributed by atoms with van der Waals surface area (Å²) in [6.45, 7) is 0.332. The van der Waals surface area contributed by atoms with E-state index in [1.165, 1.54) is 4.80 Å². The molecule has 1 heterocycles. The van der Waals surface area contributed by atoms with Crippen molar-refractivity contribution >= 4 is 11.6 Å². The van der Waals surface area contributed by atoms with Crippen LogP contribution in [0, 0.1) is 28.6 Å². The van der Waals surface area contributed by atoms with Crippen LogP contribution in [-0.4, -0.2) is 20.2 Å². The zero-order valence-electron chi connectivity index (χ0n) is 10.6. The van der Waals surface area contributed by atoms with Gasteiger partial charge in [-0.1, -0.05) is 11.6 Å². The highest BCUT2D eigenvalue weighted by atomic mass is 35.5. The van der Waals surface area contributed by atoms with Crippen LogP contribution in [0.5, 0.6) is 0 Å². The molecule has 20 heavy (non-hydrogen) atoms. The first-order valence-corrected chi connectivity index (χ1v) is 6.41. The maximum atomic E-state index is 9.00. The Kier molecular flexibility index (Phi) is 4.65. The van der Waals surface area contributed by atoms with Gasteiger partial charge in [-0.3, -0.25) is 0 Å². The Bertz CT molecular complexity index is 649. The fourth-order valence-corrected chi connectivity index (χ4v) is 1.79. The van der Waals surface area contributed by atoms with Crippen LogP contribution >= 0.6 is 11.6 Å². The topological polar surface area (TPSA) is 91.2 Å². The molecule has 1 unspecified atom stereocenters. The number of nitrogens with zero attached hydrogens (tertiary/aromatic N) is 6. The monoisotopic (exact) mass is 286 g/mol. The van der Waals surface area contributed by atoms with E-state index < -0.39 is 0 Å². The van der Waals surface area contributed by atoms with E-state index >= 15 is 0 Å². The summed E-state index contributed by atoms with van der Waals surface area (Å²) in [5.74, 6) is 0.195. The SMILES string of the molecule is N#CCCC(C#N)Cn1nnc(-c2ccc(Cl)cc2)n1. The van der Waals surface area contributed by atoms with Crippen LogP contribution in [0.25, 0.3) is 11.4 Å². The molecule has 0 fully saturated rings. The summed E-state index contributed by atoms with van der Waals surface area (Å²) in [4.78, 5) is 1.38. The molecule has 0 spiro atoms. The lowest BCUT2D eigenvalue weighted by Crippen LogP contribution is -2.12. The molecule has 2 rings (SSSR count). The van der Waals surface area contributed by atoms with Crippen LogP contribution < -0.4 is 0 Å². The van der Waals surface area contributed by atoms with Crippen molar-refractivity contribution in [1.82, 2.24) is 20.2 Å². The van der Waals surface area contributed by atoms with Crippen molar-refractivity contribution in [3.63, 3.8) is 0 Å². The van der Waals surface area contributed by atoms with Crippen LogP contribution in [0.1, 0.15) is 12.8 Å². The molecule has 0 N–H and O–H groups in total. The molecule has 6 nitrogen and oxygen atoms in total. The summed E-state index contributed by atoms with van der Waals surface area (Å²) in [6, 6.07) is 11.3. The summed E-state index contributed by atoms with van der Waals surface area (Å²) in [7, 11) is 0. The van der Waals surface area contributed by atoms with Crippen molar-refractivity contribution < 1.29 is 0 Å². The summed E-state index contributed by atoms with van der Waals surface area (Å²) < 4.78 is 0. The fourth-order valence-electron chi connectivity index (χ4n) is 1.67. The predicted molar refractivity (Wildman–Crippen MR) is 72.2 cm³/mol. The van der Waals surface area contributed by atoms with Gasteiger partial charge in [-0.25, -0.2) is 0 Å². The van der Waals surface area contributed by atoms with E-state index in [9.17, 15) is 0 Å². The lowest BCUT2D eigenvalue weighted by Gasteiger charge is -2.03. The van der Waals surface area contributed by atoms with Gasteiger partial charge < -0.3 is 0 Å². The predicted octanol–water partition coefficient (Wildman–Crippen LogP) is 2.44. The summed E-state index contributed by atoms with van der Waals surface area (Å²) in [5.41, 5.74) is 0.811. The highest BCUT2D eigenvalue weighted by Gasteiger charge is 2.12. The summed E-state index contributed by atoms with van der Waals surface area (Å²) >= 11 is 5.82. The maximum absolute atomic E-state index is 9.00. The average Bonchev–Trinajstić information content (AvgIpc) is 2.92. The molecule has 2 aromatic rings. The molecule has 0 aliphatic rings. The van der Waals surface area contributed by atoms with Gasteiger partial charge in [0.2, 0.25) is 5.82 Å². The molecule has 0 saturated heterocycles. The molecule has 0 radical (unpaired) electrons. The van der Waals surface area contributed by atoms with Crippen molar-refractivity contribution in [2.24, 2.45) is 5.92 Å². The first-order chi connectivity index (χ1) is 9.72. The zero-order valence-corrected chi connectivity index (χ0v) is 11.3. The zero-order chi connectivity index (χ0) is 14.4. The molecule has 1 aromatic carbocycles. The molecular formula is C13H11ClN6. The summed E-state index contributed by atoms with van der Waals surface area (Å²) in [5, 5.41) is 30.3. The third-order valence-electron chi connectivity index (χ3n) is 2.73. The smallest absolute Gasteiger partial charge is 0.198 e. The quantitative estimate of drug-likeness (QED) is 0.842. The molecule has 100 valence electrons. The average molecular weight is 287 g/mol. The normalized spacial score (nSPS) is 11.6. The Morgan fingerprint density at radius 3 is 2.65 bits per heavy atom. The van der Waals surface area contributed by atoms with E-state index in [-0.39, 0.29) is 5.92 Å². The fraction of sp³-hybridized carbons (Fsp3) is 0.308.